The minimum absolute atomic E-state index is 0.0960. The smallest absolute Gasteiger partial charge is 0.258 e. The van der Waals surface area contributed by atoms with Crippen molar-refractivity contribution in [3.05, 3.63) is 28.3 Å². The Balaban J connectivity index is 2.75. The number of amidine groups is 1. The average Bonchev–Trinajstić information content (AvgIpc) is 2.26. The van der Waals surface area contributed by atoms with E-state index >= 15 is 0 Å². The molecule has 1 aliphatic heterocycles. The molecular formula is C8H6ClN3O4S. The van der Waals surface area contributed by atoms with Crippen LogP contribution in [0.5, 0.6) is 0 Å². The Kier molecular flexibility index (Phi) is 2.55. The van der Waals surface area contributed by atoms with Gasteiger partial charge in [-0.1, -0.05) is 0 Å². The normalized spacial score (nSPS) is 17.3. The van der Waals surface area contributed by atoms with Crippen LogP contribution in [0.3, 0.4) is 0 Å². The summed E-state index contributed by atoms with van der Waals surface area (Å²) in [5.74, 6) is 0. The van der Waals surface area contributed by atoms with Gasteiger partial charge in [-0.3, -0.25) is 10.1 Å². The van der Waals surface area contributed by atoms with Crippen LogP contribution in [0.1, 0.15) is 0 Å². The van der Waals surface area contributed by atoms with E-state index < -0.39 is 14.9 Å². The van der Waals surface area contributed by atoms with Gasteiger partial charge in [0.2, 0.25) is 5.29 Å². The van der Waals surface area contributed by atoms with Crippen LogP contribution in [-0.2, 0) is 10.0 Å². The molecule has 7 nitrogen and oxygen atoms in total. The number of nitro groups is 1. The first-order valence-corrected chi connectivity index (χ1v) is 6.17. The molecule has 0 fully saturated rings. The van der Waals surface area contributed by atoms with Gasteiger partial charge in [0.25, 0.3) is 15.7 Å². The van der Waals surface area contributed by atoms with Crippen LogP contribution >= 0.6 is 11.6 Å². The van der Waals surface area contributed by atoms with E-state index in [9.17, 15) is 18.5 Å². The van der Waals surface area contributed by atoms with Crippen LogP contribution in [0.25, 0.3) is 0 Å². The van der Waals surface area contributed by atoms with E-state index in [1.54, 1.807) is 0 Å². The first-order chi connectivity index (χ1) is 7.84. The van der Waals surface area contributed by atoms with Gasteiger partial charge in [0.1, 0.15) is 4.90 Å². The first kappa shape index (κ1) is 11.8. The van der Waals surface area contributed by atoms with Crippen molar-refractivity contribution in [1.82, 2.24) is 4.31 Å². The third-order valence-corrected chi connectivity index (χ3v) is 4.48. The summed E-state index contributed by atoms with van der Waals surface area (Å²) >= 11 is 5.64. The molecule has 0 saturated heterocycles. The minimum atomic E-state index is -3.86. The molecule has 1 aliphatic rings. The molecule has 0 saturated carbocycles. The van der Waals surface area contributed by atoms with E-state index in [0.717, 1.165) is 10.4 Å². The molecule has 0 spiro atoms. The van der Waals surface area contributed by atoms with Crippen molar-refractivity contribution in [2.75, 3.05) is 7.05 Å². The van der Waals surface area contributed by atoms with Crippen molar-refractivity contribution >= 4 is 38.3 Å². The Bertz CT molecular complexity index is 640. The Morgan fingerprint density at radius 2 is 2.12 bits per heavy atom. The van der Waals surface area contributed by atoms with E-state index in [0.29, 0.717) is 0 Å². The number of hydrogen-bond acceptors (Lipinski definition) is 5. The SMILES string of the molecule is CN1C(Cl)=Nc2ccc([N+](=O)[O-])cc2S1(=O)=O. The van der Waals surface area contributed by atoms with Crippen LogP contribution in [0.15, 0.2) is 28.1 Å². The number of nitrogens with zero attached hydrogens (tertiary/aromatic N) is 3. The highest BCUT2D eigenvalue weighted by Gasteiger charge is 2.32. The second kappa shape index (κ2) is 3.67. The zero-order chi connectivity index (χ0) is 12.8. The molecule has 0 unspecified atom stereocenters. The van der Waals surface area contributed by atoms with Gasteiger partial charge in [0.15, 0.2) is 0 Å². The molecule has 17 heavy (non-hydrogen) atoms. The molecule has 0 radical (unpaired) electrons. The van der Waals surface area contributed by atoms with Crippen molar-refractivity contribution < 1.29 is 13.3 Å². The number of rotatable bonds is 1. The number of aliphatic imine (C=N–C) groups is 1. The van der Waals surface area contributed by atoms with Gasteiger partial charge in [-0.25, -0.2) is 17.7 Å². The first-order valence-electron chi connectivity index (χ1n) is 4.35. The van der Waals surface area contributed by atoms with Crippen molar-refractivity contribution in [2.45, 2.75) is 4.90 Å². The lowest BCUT2D eigenvalue weighted by atomic mass is 10.3. The second-order valence-electron chi connectivity index (χ2n) is 3.26. The van der Waals surface area contributed by atoms with Crippen molar-refractivity contribution in [1.29, 1.82) is 0 Å². The van der Waals surface area contributed by atoms with Crippen molar-refractivity contribution in [3.63, 3.8) is 0 Å². The standard InChI is InChI=1S/C8H6ClN3O4S/c1-11-8(9)10-6-3-2-5(12(13)14)4-7(6)17(11,15)16/h2-4H,1H3. The van der Waals surface area contributed by atoms with E-state index in [4.69, 9.17) is 11.6 Å². The van der Waals surface area contributed by atoms with Gasteiger partial charge in [-0.05, 0) is 17.7 Å². The van der Waals surface area contributed by atoms with Gasteiger partial charge in [-0.2, -0.15) is 0 Å². The molecule has 90 valence electrons. The van der Waals surface area contributed by atoms with Crippen LogP contribution in [0.4, 0.5) is 11.4 Å². The Morgan fingerprint density at radius 3 is 2.71 bits per heavy atom. The summed E-state index contributed by atoms with van der Waals surface area (Å²) in [4.78, 5) is 13.5. The maximum absolute atomic E-state index is 11.9. The molecule has 9 heteroatoms. The van der Waals surface area contributed by atoms with Gasteiger partial charge in [0, 0.05) is 19.2 Å². The summed E-state index contributed by atoms with van der Waals surface area (Å²) < 4.78 is 24.6. The van der Waals surface area contributed by atoms with E-state index in [1.807, 2.05) is 0 Å². The van der Waals surface area contributed by atoms with Gasteiger partial charge in [0.05, 0.1) is 10.6 Å². The zero-order valence-corrected chi connectivity index (χ0v) is 10.1. The molecule has 0 amide bonds. The zero-order valence-electron chi connectivity index (χ0n) is 8.49. The van der Waals surface area contributed by atoms with Gasteiger partial charge in [-0.15, -0.1) is 0 Å². The maximum Gasteiger partial charge on any atom is 0.270 e. The molecule has 0 N–H and O–H groups in total. The molecule has 1 aromatic carbocycles. The summed E-state index contributed by atoms with van der Waals surface area (Å²) in [6.45, 7) is 0. The highest BCUT2D eigenvalue weighted by Crippen LogP contribution is 2.34. The fourth-order valence-corrected chi connectivity index (χ4v) is 2.88. The topological polar surface area (TPSA) is 92.9 Å². The number of non-ortho nitro benzene ring substituents is 1. The third-order valence-electron chi connectivity index (χ3n) is 2.27. The monoisotopic (exact) mass is 275 g/mol. The number of hydrogen-bond donors (Lipinski definition) is 0. The summed E-state index contributed by atoms with van der Waals surface area (Å²) in [6.07, 6.45) is 0. The average molecular weight is 276 g/mol. The third kappa shape index (κ3) is 1.75. The van der Waals surface area contributed by atoms with Gasteiger partial charge < -0.3 is 0 Å². The predicted molar refractivity (Wildman–Crippen MR) is 61.0 cm³/mol. The molecule has 0 aromatic heterocycles. The maximum atomic E-state index is 11.9. The Morgan fingerprint density at radius 1 is 1.47 bits per heavy atom. The molecule has 0 bridgehead atoms. The number of nitro benzene ring substituents is 1. The molecule has 0 atom stereocenters. The number of benzene rings is 1. The quantitative estimate of drug-likeness (QED) is 0.440. The number of halogens is 1. The summed E-state index contributed by atoms with van der Waals surface area (Å²) in [5.41, 5.74) is -0.215. The predicted octanol–water partition coefficient (Wildman–Crippen LogP) is 1.46. The lowest BCUT2D eigenvalue weighted by molar-refractivity contribution is -0.385. The Labute approximate surface area is 102 Å². The van der Waals surface area contributed by atoms with E-state index in [-0.39, 0.29) is 21.6 Å². The molecule has 1 heterocycles. The van der Waals surface area contributed by atoms with Crippen LogP contribution in [-0.4, -0.2) is 30.0 Å². The van der Waals surface area contributed by atoms with Crippen molar-refractivity contribution in [2.24, 2.45) is 4.99 Å². The molecule has 0 aliphatic carbocycles. The summed E-state index contributed by atoms with van der Waals surface area (Å²) in [5, 5.41) is 10.4. The molecule has 1 aromatic rings. The van der Waals surface area contributed by atoms with E-state index in [2.05, 4.69) is 4.99 Å². The number of fused-ring (bicyclic) bond motifs is 1. The van der Waals surface area contributed by atoms with E-state index in [1.165, 1.54) is 19.2 Å². The van der Waals surface area contributed by atoms with Gasteiger partial charge >= 0.3 is 0 Å². The number of sulfonamides is 1. The lowest BCUT2D eigenvalue weighted by Crippen LogP contribution is -2.32. The fourth-order valence-electron chi connectivity index (χ4n) is 1.33. The van der Waals surface area contributed by atoms with Crippen LogP contribution in [0.2, 0.25) is 0 Å². The highest BCUT2D eigenvalue weighted by molar-refractivity contribution is 7.90. The summed E-state index contributed by atoms with van der Waals surface area (Å²) in [6, 6.07) is 3.39. The van der Waals surface area contributed by atoms with Crippen LogP contribution < -0.4 is 0 Å². The lowest BCUT2D eigenvalue weighted by Gasteiger charge is -2.22. The Hall–Kier alpha value is -1.67. The van der Waals surface area contributed by atoms with Crippen molar-refractivity contribution in [3.8, 4) is 0 Å². The fraction of sp³-hybridized carbons (Fsp3) is 0.125. The minimum Gasteiger partial charge on any atom is -0.258 e. The van der Waals surface area contributed by atoms with Crippen LogP contribution in [0, 0.1) is 10.1 Å². The molecule has 2 rings (SSSR count). The summed E-state index contributed by atoms with van der Waals surface area (Å²) in [7, 11) is -2.63. The largest absolute Gasteiger partial charge is 0.270 e. The second-order valence-corrected chi connectivity index (χ2v) is 5.54. The molecular weight excluding hydrogens is 270 g/mol. The highest BCUT2D eigenvalue weighted by atomic mass is 35.5.